The van der Waals surface area contributed by atoms with Crippen molar-refractivity contribution < 1.29 is 14.4 Å². The van der Waals surface area contributed by atoms with E-state index in [4.69, 9.17) is 9.47 Å². The van der Waals surface area contributed by atoms with Crippen LogP contribution in [0.25, 0.3) is 17.1 Å². The van der Waals surface area contributed by atoms with Gasteiger partial charge in [0, 0.05) is 5.56 Å². The molecule has 4 rings (SSSR count). The molecule has 0 unspecified atom stereocenters. The van der Waals surface area contributed by atoms with Gasteiger partial charge < -0.3 is 14.4 Å². The van der Waals surface area contributed by atoms with Gasteiger partial charge in [0.05, 0.1) is 38.3 Å². The van der Waals surface area contributed by atoms with Gasteiger partial charge in [0.25, 0.3) is 0 Å². The van der Waals surface area contributed by atoms with Crippen LogP contribution < -0.4 is 9.64 Å². The number of hydrogen-bond acceptors (Lipinski definition) is 5. The molecule has 0 amide bonds. The maximum Gasteiger partial charge on any atom is 0.196 e. The van der Waals surface area contributed by atoms with E-state index in [1.54, 1.807) is 23.8 Å². The SMILES string of the molecule is COc1ccccc1-n1c(SCC[NH+]2CCOCC2)nnc1-c1ccccc1. The number of nitrogens with zero attached hydrogens (tertiary/aromatic N) is 3. The van der Waals surface area contributed by atoms with E-state index in [1.807, 2.05) is 42.5 Å². The van der Waals surface area contributed by atoms with Crippen LogP contribution >= 0.6 is 11.8 Å². The van der Waals surface area contributed by atoms with Crippen LogP contribution in [0.1, 0.15) is 0 Å². The van der Waals surface area contributed by atoms with Gasteiger partial charge in [-0.05, 0) is 12.1 Å². The van der Waals surface area contributed by atoms with Crippen molar-refractivity contribution in [3.05, 3.63) is 54.6 Å². The average molecular weight is 398 g/mol. The van der Waals surface area contributed by atoms with Crippen LogP contribution in [-0.4, -0.2) is 60.5 Å². The van der Waals surface area contributed by atoms with Crippen molar-refractivity contribution in [2.45, 2.75) is 5.16 Å². The Morgan fingerprint density at radius 1 is 1.04 bits per heavy atom. The standard InChI is InChI=1S/C21H24N4O2S/c1-26-19-10-6-5-9-18(19)25-20(17-7-3-2-4-8-17)22-23-21(25)28-16-13-24-11-14-27-15-12-24/h2-10H,11-16H2,1H3/p+1. The molecule has 0 spiro atoms. The first-order chi connectivity index (χ1) is 13.9. The molecule has 0 atom stereocenters. The molecule has 7 heteroatoms. The summed E-state index contributed by atoms with van der Waals surface area (Å²) in [6, 6.07) is 18.2. The van der Waals surface area contributed by atoms with Crippen molar-refractivity contribution in [1.82, 2.24) is 14.8 Å². The Morgan fingerprint density at radius 3 is 2.57 bits per heavy atom. The average Bonchev–Trinajstić information content (AvgIpc) is 3.19. The van der Waals surface area contributed by atoms with E-state index >= 15 is 0 Å². The quantitative estimate of drug-likeness (QED) is 0.618. The predicted molar refractivity (Wildman–Crippen MR) is 110 cm³/mol. The molecular weight excluding hydrogens is 372 g/mol. The first-order valence-corrected chi connectivity index (χ1v) is 10.5. The summed E-state index contributed by atoms with van der Waals surface area (Å²) in [5.74, 6) is 2.61. The van der Waals surface area contributed by atoms with Crippen molar-refractivity contribution in [2.75, 3.05) is 45.7 Å². The Labute approximate surface area is 169 Å². The molecule has 1 aliphatic heterocycles. The number of quaternary nitrogens is 1. The molecule has 1 N–H and O–H groups in total. The molecule has 146 valence electrons. The van der Waals surface area contributed by atoms with Crippen LogP contribution in [0, 0.1) is 0 Å². The van der Waals surface area contributed by atoms with Gasteiger partial charge in [-0.1, -0.05) is 54.2 Å². The smallest absolute Gasteiger partial charge is 0.196 e. The van der Waals surface area contributed by atoms with E-state index in [2.05, 4.69) is 26.9 Å². The minimum Gasteiger partial charge on any atom is -0.495 e. The molecule has 0 aliphatic carbocycles. The lowest BCUT2D eigenvalue weighted by Crippen LogP contribution is -3.14. The van der Waals surface area contributed by atoms with Crippen molar-refractivity contribution in [2.24, 2.45) is 0 Å². The third-order valence-electron chi connectivity index (χ3n) is 4.88. The maximum atomic E-state index is 5.61. The highest BCUT2D eigenvalue weighted by Crippen LogP contribution is 2.32. The minimum atomic E-state index is 0.806. The van der Waals surface area contributed by atoms with E-state index in [1.165, 1.54) is 0 Å². The number of nitrogens with one attached hydrogen (secondary N) is 1. The minimum absolute atomic E-state index is 0.806. The molecule has 2 aromatic carbocycles. The van der Waals surface area contributed by atoms with Crippen LogP contribution in [0.5, 0.6) is 5.75 Å². The number of methoxy groups -OCH3 is 1. The van der Waals surface area contributed by atoms with Crippen molar-refractivity contribution in [3.8, 4) is 22.8 Å². The summed E-state index contributed by atoms with van der Waals surface area (Å²) in [6.45, 7) is 4.96. The fraction of sp³-hybridized carbons (Fsp3) is 0.333. The highest BCUT2D eigenvalue weighted by molar-refractivity contribution is 7.99. The summed E-state index contributed by atoms with van der Waals surface area (Å²) < 4.78 is 13.2. The number of aromatic nitrogens is 3. The second kappa shape index (κ2) is 9.23. The Kier molecular flexibility index (Phi) is 6.26. The first-order valence-electron chi connectivity index (χ1n) is 9.55. The predicted octanol–water partition coefficient (Wildman–Crippen LogP) is 1.95. The zero-order valence-electron chi connectivity index (χ0n) is 16.0. The maximum absolute atomic E-state index is 5.61. The van der Waals surface area contributed by atoms with Crippen LogP contribution in [0.3, 0.4) is 0 Å². The summed E-state index contributed by atoms with van der Waals surface area (Å²) in [5, 5.41) is 9.91. The summed E-state index contributed by atoms with van der Waals surface area (Å²) in [6.07, 6.45) is 0. The molecule has 0 bridgehead atoms. The summed E-state index contributed by atoms with van der Waals surface area (Å²) in [7, 11) is 1.69. The number of para-hydroxylation sites is 2. The number of hydrogen-bond donors (Lipinski definition) is 1. The lowest BCUT2D eigenvalue weighted by Gasteiger charge is -2.23. The lowest BCUT2D eigenvalue weighted by molar-refractivity contribution is -0.905. The highest BCUT2D eigenvalue weighted by Gasteiger charge is 2.20. The third kappa shape index (κ3) is 4.22. The lowest BCUT2D eigenvalue weighted by atomic mass is 10.2. The Balaban J connectivity index is 1.63. The second-order valence-corrected chi connectivity index (χ2v) is 7.70. The Morgan fingerprint density at radius 2 is 1.79 bits per heavy atom. The molecule has 1 aliphatic rings. The van der Waals surface area contributed by atoms with Crippen LogP contribution in [-0.2, 0) is 4.74 Å². The molecular formula is C21H25N4O2S+. The van der Waals surface area contributed by atoms with E-state index < -0.39 is 0 Å². The van der Waals surface area contributed by atoms with Crippen LogP contribution in [0.4, 0.5) is 0 Å². The number of benzene rings is 2. The van der Waals surface area contributed by atoms with Gasteiger partial charge in [-0.15, -0.1) is 10.2 Å². The Hall–Kier alpha value is -2.35. The van der Waals surface area contributed by atoms with Gasteiger partial charge in [-0.25, -0.2) is 0 Å². The van der Waals surface area contributed by atoms with Gasteiger partial charge in [0.2, 0.25) is 0 Å². The number of thioether (sulfide) groups is 1. The molecule has 0 radical (unpaired) electrons. The van der Waals surface area contributed by atoms with Crippen molar-refractivity contribution in [1.29, 1.82) is 0 Å². The summed E-state index contributed by atoms with van der Waals surface area (Å²) >= 11 is 1.74. The number of rotatable bonds is 7. The number of morpholine rings is 1. The fourth-order valence-electron chi connectivity index (χ4n) is 3.37. The molecule has 3 aromatic rings. The highest BCUT2D eigenvalue weighted by atomic mass is 32.2. The van der Waals surface area contributed by atoms with E-state index in [-0.39, 0.29) is 0 Å². The normalized spacial score (nSPS) is 14.9. The monoisotopic (exact) mass is 397 g/mol. The fourth-order valence-corrected chi connectivity index (χ4v) is 4.35. The topological polar surface area (TPSA) is 53.6 Å². The van der Waals surface area contributed by atoms with Crippen LogP contribution in [0.15, 0.2) is 59.8 Å². The zero-order valence-corrected chi connectivity index (χ0v) is 16.8. The molecule has 1 aromatic heterocycles. The number of ether oxygens (including phenoxy) is 2. The van der Waals surface area contributed by atoms with Crippen molar-refractivity contribution >= 4 is 11.8 Å². The Bertz CT molecular complexity index is 894. The second-order valence-electron chi connectivity index (χ2n) is 6.64. The summed E-state index contributed by atoms with van der Waals surface area (Å²) in [5.41, 5.74) is 1.99. The van der Waals surface area contributed by atoms with Crippen molar-refractivity contribution in [3.63, 3.8) is 0 Å². The molecule has 0 saturated carbocycles. The zero-order chi connectivity index (χ0) is 19.2. The summed E-state index contributed by atoms with van der Waals surface area (Å²) in [4.78, 5) is 1.59. The third-order valence-corrected chi connectivity index (χ3v) is 5.81. The van der Waals surface area contributed by atoms with E-state index in [0.29, 0.717) is 0 Å². The van der Waals surface area contributed by atoms with Gasteiger partial charge in [0.15, 0.2) is 11.0 Å². The largest absolute Gasteiger partial charge is 0.495 e. The first kappa shape index (κ1) is 19.0. The van der Waals surface area contributed by atoms with E-state index in [0.717, 1.165) is 66.6 Å². The van der Waals surface area contributed by atoms with Crippen LogP contribution in [0.2, 0.25) is 0 Å². The van der Waals surface area contributed by atoms with Gasteiger partial charge >= 0.3 is 0 Å². The molecule has 1 saturated heterocycles. The molecule has 2 heterocycles. The molecule has 28 heavy (non-hydrogen) atoms. The molecule has 1 fully saturated rings. The van der Waals surface area contributed by atoms with Gasteiger partial charge in [-0.3, -0.25) is 4.57 Å². The molecule has 6 nitrogen and oxygen atoms in total. The van der Waals surface area contributed by atoms with Gasteiger partial charge in [0.1, 0.15) is 18.8 Å². The van der Waals surface area contributed by atoms with E-state index in [9.17, 15) is 0 Å². The van der Waals surface area contributed by atoms with Gasteiger partial charge in [-0.2, -0.15) is 0 Å².